The van der Waals surface area contributed by atoms with Crippen LogP contribution in [0, 0.1) is 5.92 Å². The van der Waals surface area contributed by atoms with Gasteiger partial charge in [0.1, 0.15) is 11.4 Å². The Labute approximate surface area is 148 Å². The number of nitrogens with zero attached hydrogens (tertiary/aromatic N) is 3. The first kappa shape index (κ1) is 18.7. The maximum Gasteiger partial charge on any atom is 0.259 e. The largest absolute Gasteiger partial charge is 0.339 e. The predicted molar refractivity (Wildman–Crippen MR) is 98.9 cm³/mol. The molecule has 1 N–H and O–H groups in total. The molecule has 2 rings (SSSR count). The molecule has 0 aliphatic heterocycles. The average molecular weight is 342 g/mol. The van der Waals surface area contributed by atoms with Gasteiger partial charge in [0.25, 0.3) is 5.91 Å². The molecule has 0 bridgehead atoms. The summed E-state index contributed by atoms with van der Waals surface area (Å²) >= 11 is 0. The topological polar surface area (TPSA) is 67.2 Å². The number of para-hydroxylation sites is 1. The van der Waals surface area contributed by atoms with Crippen molar-refractivity contribution in [3.05, 3.63) is 42.1 Å². The van der Waals surface area contributed by atoms with Crippen molar-refractivity contribution in [3.63, 3.8) is 0 Å². The van der Waals surface area contributed by atoms with Gasteiger partial charge < -0.3 is 10.2 Å². The zero-order valence-corrected chi connectivity index (χ0v) is 15.3. The zero-order chi connectivity index (χ0) is 18.4. The first-order valence-electron chi connectivity index (χ1n) is 8.70. The molecule has 0 saturated carbocycles. The molecule has 0 saturated heterocycles. The number of amides is 2. The Balaban J connectivity index is 2.44. The summed E-state index contributed by atoms with van der Waals surface area (Å²) in [5, 5.41) is 7.23. The Morgan fingerprint density at radius 1 is 1.16 bits per heavy atom. The summed E-state index contributed by atoms with van der Waals surface area (Å²) in [4.78, 5) is 26.8. The summed E-state index contributed by atoms with van der Waals surface area (Å²) in [7, 11) is 0. The van der Waals surface area contributed by atoms with E-state index < -0.39 is 0 Å². The molecule has 0 aliphatic carbocycles. The summed E-state index contributed by atoms with van der Waals surface area (Å²) in [5.74, 6) is 0.400. The third-order valence-electron chi connectivity index (χ3n) is 3.90. The Hall–Kier alpha value is -2.63. The number of anilines is 1. The second-order valence-corrected chi connectivity index (χ2v) is 6.28. The molecule has 25 heavy (non-hydrogen) atoms. The number of carbonyl (C=O) groups is 2. The van der Waals surface area contributed by atoms with Crippen LogP contribution in [-0.2, 0) is 4.79 Å². The lowest BCUT2D eigenvalue weighted by Gasteiger charge is -2.19. The van der Waals surface area contributed by atoms with Gasteiger partial charge in [0.05, 0.1) is 11.9 Å². The average Bonchev–Trinajstić information content (AvgIpc) is 2.99. The fraction of sp³-hybridized carbons (Fsp3) is 0.421. The molecule has 0 aliphatic rings. The minimum absolute atomic E-state index is 0.124. The summed E-state index contributed by atoms with van der Waals surface area (Å²) in [5.41, 5.74) is 1.20. The van der Waals surface area contributed by atoms with Gasteiger partial charge in [0, 0.05) is 19.5 Å². The molecule has 0 atom stereocenters. The van der Waals surface area contributed by atoms with E-state index in [4.69, 9.17) is 0 Å². The highest BCUT2D eigenvalue weighted by Gasteiger charge is 2.23. The number of aromatic nitrogens is 2. The second kappa shape index (κ2) is 8.46. The Morgan fingerprint density at radius 2 is 1.80 bits per heavy atom. The minimum Gasteiger partial charge on any atom is -0.339 e. The monoisotopic (exact) mass is 342 g/mol. The standard InChI is InChI=1S/C19H26N4O2/c1-5-22(6-2)19(25)16-13-20-23(15-10-8-7-9-11-15)18(16)21-17(24)12-14(3)4/h7-11,13-14H,5-6,12H2,1-4H3,(H,21,24). The van der Waals surface area contributed by atoms with Crippen LogP contribution in [0.5, 0.6) is 0 Å². The van der Waals surface area contributed by atoms with E-state index in [0.717, 1.165) is 5.69 Å². The summed E-state index contributed by atoms with van der Waals surface area (Å²) in [6.45, 7) is 9.03. The Morgan fingerprint density at radius 3 is 2.36 bits per heavy atom. The minimum atomic E-state index is -0.132. The van der Waals surface area contributed by atoms with Crippen LogP contribution in [0.1, 0.15) is 44.5 Å². The first-order chi connectivity index (χ1) is 12.0. The number of nitrogens with one attached hydrogen (secondary N) is 1. The van der Waals surface area contributed by atoms with Crippen molar-refractivity contribution in [3.8, 4) is 5.69 Å². The van der Waals surface area contributed by atoms with Gasteiger partial charge in [-0.25, -0.2) is 4.68 Å². The van der Waals surface area contributed by atoms with Crippen molar-refractivity contribution >= 4 is 17.6 Å². The second-order valence-electron chi connectivity index (χ2n) is 6.28. The molecule has 0 fully saturated rings. The molecule has 1 aromatic carbocycles. The van der Waals surface area contributed by atoms with Crippen LogP contribution < -0.4 is 5.32 Å². The lowest BCUT2D eigenvalue weighted by atomic mass is 10.1. The quantitative estimate of drug-likeness (QED) is 0.839. The van der Waals surface area contributed by atoms with E-state index in [1.54, 1.807) is 9.58 Å². The molecule has 1 heterocycles. The SMILES string of the molecule is CCN(CC)C(=O)c1cnn(-c2ccccc2)c1NC(=O)CC(C)C. The number of hydrogen-bond acceptors (Lipinski definition) is 3. The normalized spacial score (nSPS) is 10.8. The van der Waals surface area contributed by atoms with E-state index in [0.29, 0.717) is 30.9 Å². The summed E-state index contributed by atoms with van der Waals surface area (Å²) in [6.07, 6.45) is 1.91. The van der Waals surface area contributed by atoms with Crippen LogP contribution in [0.3, 0.4) is 0 Å². The number of rotatable bonds is 7. The van der Waals surface area contributed by atoms with Gasteiger partial charge in [0.2, 0.25) is 5.91 Å². The first-order valence-corrected chi connectivity index (χ1v) is 8.70. The predicted octanol–water partition coefficient (Wildman–Crippen LogP) is 3.34. The van der Waals surface area contributed by atoms with Gasteiger partial charge >= 0.3 is 0 Å². The van der Waals surface area contributed by atoms with E-state index in [-0.39, 0.29) is 17.7 Å². The number of benzene rings is 1. The molecule has 1 aromatic heterocycles. The number of carbonyl (C=O) groups excluding carboxylic acids is 2. The highest BCUT2D eigenvalue weighted by atomic mass is 16.2. The summed E-state index contributed by atoms with van der Waals surface area (Å²) in [6, 6.07) is 9.46. The van der Waals surface area contributed by atoms with Crippen molar-refractivity contribution < 1.29 is 9.59 Å². The molecule has 2 aromatic rings. The van der Waals surface area contributed by atoms with Gasteiger partial charge in [-0.3, -0.25) is 9.59 Å². The van der Waals surface area contributed by atoms with Gasteiger partial charge in [0.15, 0.2) is 0 Å². The highest BCUT2D eigenvalue weighted by Crippen LogP contribution is 2.22. The van der Waals surface area contributed by atoms with E-state index in [1.165, 1.54) is 6.20 Å². The van der Waals surface area contributed by atoms with Gasteiger partial charge in [-0.15, -0.1) is 0 Å². The van der Waals surface area contributed by atoms with Crippen LogP contribution in [0.2, 0.25) is 0 Å². The third kappa shape index (κ3) is 4.47. The number of hydrogen-bond donors (Lipinski definition) is 1. The molecular weight excluding hydrogens is 316 g/mol. The molecular formula is C19H26N4O2. The van der Waals surface area contributed by atoms with Crippen LogP contribution in [0.15, 0.2) is 36.5 Å². The lowest BCUT2D eigenvalue weighted by molar-refractivity contribution is -0.116. The zero-order valence-electron chi connectivity index (χ0n) is 15.3. The van der Waals surface area contributed by atoms with E-state index in [1.807, 2.05) is 58.0 Å². The van der Waals surface area contributed by atoms with Crippen LogP contribution in [0.25, 0.3) is 5.69 Å². The molecule has 0 radical (unpaired) electrons. The third-order valence-corrected chi connectivity index (χ3v) is 3.90. The van der Waals surface area contributed by atoms with Crippen molar-refractivity contribution in [2.24, 2.45) is 5.92 Å². The van der Waals surface area contributed by atoms with Crippen LogP contribution in [-0.4, -0.2) is 39.6 Å². The van der Waals surface area contributed by atoms with Crippen molar-refractivity contribution in [1.82, 2.24) is 14.7 Å². The van der Waals surface area contributed by atoms with E-state index in [2.05, 4.69) is 10.4 Å². The molecule has 0 spiro atoms. The highest BCUT2D eigenvalue weighted by molar-refractivity contribution is 6.03. The van der Waals surface area contributed by atoms with Gasteiger partial charge in [-0.1, -0.05) is 32.0 Å². The maximum atomic E-state index is 12.8. The van der Waals surface area contributed by atoms with Crippen LogP contribution >= 0.6 is 0 Å². The smallest absolute Gasteiger partial charge is 0.259 e. The van der Waals surface area contributed by atoms with E-state index >= 15 is 0 Å². The van der Waals surface area contributed by atoms with Gasteiger partial charge in [-0.05, 0) is 31.9 Å². The lowest BCUT2D eigenvalue weighted by Crippen LogP contribution is -2.31. The Kier molecular flexibility index (Phi) is 6.33. The molecule has 0 unspecified atom stereocenters. The summed E-state index contributed by atoms with van der Waals surface area (Å²) < 4.78 is 1.61. The molecule has 2 amide bonds. The van der Waals surface area contributed by atoms with E-state index in [9.17, 15) is 9.59 Å². The van der Waals surface area contributed by atoms with Crippen molar-refractivity contribution in [2.45, 2.75) is 34.1 Å². The maximum absolute atomic E-state index is 12.8. The fourth-order valence-electron chi connectivity index (χ4n) is 2.63. The molecule has 6 nitrogen and oxygen atoms in total. The fourth-order valence-corrected chi connectivity index (χ4v) is 2.63. The molecule has 134 valence electrons. The van der Waals surface area contributed by atoms with Gasteiger partial charge in [-0.2, -0.15) is 5.10 Å². The Bertz CT molecular complexity index is 718. The van der Waals surface area contributed by atoms with Crippen molar-refractivity contribution in [2.75, 3.05) is 18.4 Å². The van der Waals surface area contributed by atoms with Crippen molar-refractivity contribution in [1.29, 1.82) is 0 Å². The van der Waals surface area contributed by atoms with Crippen LogP contribution in [0.4, 0.5) is 5.82 Å². The molecule has 6 heteroatoms.